The summed E-state index contributed by atoms with van der Waals surface area (Å²) in [5.74, 6) is -2.11. The molecule has 0 radical (unpaired) electrons. The molecule has 112 valence electrons. The highest BCUT2D eigenvalue weighted by atomic mass is 19.4. The van der Waals surface area contributed by atoms with Crippen LogP contribution in [0, 0.1) is 5.82 Å². The standard InChI is InChI=1S/C13H11F4N3O/c14-11-3-2-9(8-10(11)13(15,16)17)12(21)18-5-7-20-6-1-4-19-20/h1-4,6,8H,5,7H2,(H,18,21). The molecule has 0 aliphatic rings. The maximum absolute atomic E-state index is 13.1. The third-order valence-corrected chi connectivity index (χ3v) is 2.72. The van der Waals surface area contributed by atoms with Gasteiger partial charge in [0.05, 0.1) is 12.1 Å². The Balaban J connectivity index is 2.02. The second-order valence-electron chi connectivity index (χ2n) is 4.22. The van der Waals surface area contributed by atoms with Crippen LogP contribution in [0.15, 0.2) is 36.7 Å². The summed E-state index contributed by atoms with van der Waals surface area (Å²) in [5.41, 5.74) is -1.70. The number of hydrogen-bond acceptors (Lipinski definition) is 2. The number of carbonyl (C=O) groups is 1. The van der Waals surface area contributed by atoms with E-state index in [1.54, 1.807) is 23.1 Å². The lowest BCUT2D eigenvalue weighted by Gasteiger charge is -2.10. The molecule has 1 heterocycles. The Labute approximate surface area is 117 Å². The molecule has 1 aromatic carbocycles. The number of halogens is 4. The summed E-state index contributed by atoms with van der Waals surface area (Å²) in [4.78, 5) is 11.7. The fourth-order valence-corrected chi connectivity index (χ4v) is 1.70. The molecule has 8 heteroatoms. The van der Waals surface area contributed by atoms with Crippen LogP contribution in [-0.2, 0) is 12.7 Å². The van der Waals surface area contributed by atoms with Gasteiger partial charge in [0, 0.05) is 24.5 Å². The predicted molar refractivity (Wildman–Crippen MR) is 66.0 cm³/mol. The Kier molecular flexibility index (Phi) is 4.25. The van der Waals surface area contributed by atoms with Crippen LogP contribution in [0.5, 0.6) is 0 Å². The van der Waals surface area contributed by atoms with Gasteiger partial charge in [-0.3, -0.25) is 9.48 Å². The van der Waals surface area contributed by atoms with Crippen LogP contribution < -0.4 is 5.32 Å². The molecule has 0 aliphatic carbocycles. The number of rotatable bonds is 4. The van der Waals surface area contributed by atoms with Crippen molar-refractivity contribution in [3.8, 4) is 0 Å². The molecule has 0 fully saturated rings. The molecule has 0 saturated heterocycles. The Morgan fingerprint density at radius 2 is 2.10 bits per heavy atom. The molecular formula is C13H11F4N3O. The predicted octanol–water partition coefficient (Wildman–Crippen LogP) is 2.47. The first-order chi connectivity index (χ1) is 9.88. The number of carbonyl (C=O) groups excluding carboxylic acids is 1. The van der Waals surface area contributed by atoms with E-state index in [1.807, 2.05) is 0 Å². The van der Waals surface area contributed by atoms with Gasteiger partial charge in [-0.2, -0.15) is 18.3 Å². The van der Waals surface area contributed by atoms with Gasteiger partial charge in [0.2, 0.25) is 0 Å². The number of benzene rings is 1. The summed E-state index contributed by atoms with van der Waals surface area (Å²) in [6.45, 7) is 0.575. The maximum Gasteiger partial charge on any atom is 0.419 e. The zero-order valence-electron chi connectivity index (χ0n) is 10.7. The van der Waals surface area contributed by atoms with E-state index in [2.05, 4.69) is 10.4 Å². The molecule has 0 spiro atoms. The van der Waals surface area contributed by atoms with E-state index < -0.39 is 23.5 Å². The van der Waals surface area contributed by atoms with Gasteiger partial charge in [-0.1, -0.05) is 0 Å². The summed E-state index contributed by atoms with van der Waals surface area (Å²) < 4.78 is 52.3. The van der Waals surface area contributed by atoms with Crippen molar-refractivity contribution < 1.29 is 22.4 Å². The molecule has 0 bridgehead atoms. The Morgan fingerprint density at radius 1 is 1.33 bits per heavy atom. The second-order valence-corrected chi connectivity index (χ2v) is 4.22. The van der Waals surface area contributed by atoms with Crippen molar-refractivity contribution in [1.82, 2.24) is 15.1 Å². The summed E-state index contributed by atoms with van der Waals surface area (Å²) >= 11 is 0. The van der Waals surface area contributed by atoms with Crippen LogP contribution in [0.3, 0.4) is 0 Å². The molecule has 1 N–H and O–H groups in total. The highest BCUT2D eigenvalue weighted by Gasteiger charge is 2.34. The molecule has 1 amide bonds. The minimum absolute atomic E-state index is 0.194. The van der Waals surface area contributed by atoms with E-state index in [-0.39, 0.29) is 12.1 Å². The Bertz CT molecular complexity index is 623. The first-order valence-electron chi connectivity index (χ1n) is 6.00. The van der Waals surface area contributed by atoms with Gasteiger partial charge in [-0.25, -0.2) is 4.39 Å². The molecule has 0 unspecified atom stereocenters. The van der Waals surface area contributed by atoms with Crippen LogP contribution in [0.25, 0.3) is 0 Å². The summed E-state index contributed by atoms with van der Waals surface area (Å²) in [6.07, 6.45) is -1.58. The molecule has 2 rings (SSSR count). The van der Waals surface area contributed by atoms with Crippen LogP contribution in [0.1, 0.15) is 15.9 Å². The number of nitrogens with zero attached hydrogens (tertiary/aromatic N) is 2. The normalized spacial score (nSPS) is 11.4. The van der Waals surface area contributed by atoms with Gasteiger partial charge in [0.25, 0.3) is 5.91 Å². The van der Waals surface area contributed by atoms with Crippen molar-refractivity contribution >= 4 is 5.91 Å². The summed E-state index contributed by atoms with van der Waals surface area (Å²) in [7, 11) is 0. The minimum atomic E-state index is -4.84. The third kappa shape index (κ3) is 3.80. The van der Waals surface area contributed by atoms with Gasteiger partial charge in [-0.05, 0) is 24.3 Å². The van der Waals surface area contributed by atoms with E-state index >= 15 is 0 Å². The van der Waals surface area contributed by atoms with Crippen LogP contribution in [0.4, 0.5) is 17.6 Å². The second kappa shape index (κ2) is 5.94. The monoisotopic (exact) mass is 301 g/mol. The largest absolute Gasteiger partial charge is 0.419 e. The minimum Gasteiger partial charge on any atom is -0.350 e. The molecule has 21 heavy (non-hydrogen) atoms. The number of hydrogen-bond donors (Lipinski definition) is 1. The van der Waals surface area contributed by atoms with Crippen molar-refractivity contribution in [1.29, 1.82) is 0 Å². The van der Waals surface area contributed by atoms with E-state index in [0.29, 0.717) is 18.7 Å². The first-order valence-corrected chi connectivity index (χ1v) is 6.00. The van der Waals surface area contributed by atoms with Gasteiger partial charge >= 0.3 is 6.18 Å². The molecule has 0 saturated carbocycles. The van der Waals surface area contributed by atoms with Crippen molar-refractivity contribution in [2.75, 3.05) is 6.54 Å². The van der Waals surface area contributed by atoms with Gasteiger partial charge in [0.15, 0.2) is 0 Å². The lowest BCUT2D eigenvalue weighted by molar-refractivity contribution is -0.140. The van der Waals surface area contributed by atoms with E-state index in [1.165, 1.54) is 0 Å². The number of nitrogens with one attached hydrogen (secondary N) is 1. The van der Waals surface area contributed by atoms with Crippen LogP contribution in [-0.4, -0.2) is 22.2 Å². The molecule has 0 aliphatic heterocycles. The zero-order chi connectivity index (χ0) is 15.5. The van der Waals surface area contributed by atoms with Crippen molar-refractivity contribution in [3.63, 3.8) is 0 Å². The smallest absolute Gasteiger partial charge is 0.350 e. The summed E-state index contributed by atoms with van der Waals surface area (Å²) in [5, 5.41) is 6.36. The maximum atomic E-state index is 13.1. The average molecular weight is 301 g/mol. The molecular weight excluding hydrogens is 290 g/mol. The molecule has 4 nitrogen and oxygen atoms in total. The van der Waals surface area contributed by atoms with Gasteiger partial charge in [0.1, 0.15) is 5.82 Å². The van der Waals surface area contributed by atoms with E-state index in [9.17, 15) is 22.4 Å². The molecule has 2 aromatic rings. The SMILES string of the molecule is O=C(NCCn1cccn1)c1ccc(F)c(C(F)(F)F)c1. The zero-order valence-corrected chi connectivity index (χ0v) is 10.7. The quantitative estimate of drug-likeness (QED) is 0.882. The average Bonchev–Trinajstić information content (AvgIpc) is 2.91. The summed E-state index contributed by atoms with van der Waals surface area (Å²) in [6, 6.07) is 3.84. The Morgan fingerprint density at radius 3 is 2.71 bits per heavy atom. The van der Waals surface area contributed by atoms with Crippen molar-refractivity contribution in [3.05, 3.63) is 53.6 Å². The van der Waals surface area contributed by atoms with Crippen LogP contribution >= 0.6 is 0 Å². The van der Waals surface area contributed by atoms with Crippen LogP contribution in [0.2, 0.25) is 0 Å². The third-order valence-electron chi connectivity index (χ3n) is 2.72. The number of amides is 1. The van der Waals surface area contributed by atoms with E-state index in [0.717, 1.165) is 6.07 Å². The van der Waals surface area contributed by atoms with Crippen molar-refractivity contribution in [2.45, 2.75) is 12.7 Å². The first kappa shape index (κ1) is 15.0. The highest BCUT2D eigenvalue weighted by Crippen LogP contribution is 2.31. The van der Waals surface area contributed by atoms with E-state index in [4.69, 9.17) is 0 Å². The fourth-order valence-electron chi connectivity index (χ4n) is 1.70. The topological polar surface area (TPSA) is 46.9 Å². The Hall–Kier alpha value is -2.38. The number of alkyl halides is 3. The fraction of sp³-hybridized carbons (Fsp3) is 0.231. The van der Waals surface area contributed by atoms with Gasteiger partial charge in [-0.15, -0.1) is 0 Å². The highest BCUT2D eigenvalue weighted by molar-refractivity contribution is 5.94. The van der Waals surface area contributed by atoms with Gasteiger partial charge < -0.3 is 5.32 Å². The lowest BCUT2D eigenvalue weighted by Crippen LogP contribution is -2.27. The van der Waals surface area contributed by atoms with Crippen molar-refractivity contribution in [2.24, 2.45) is 0 Å². The molecule has 1 aromatic heterocycles. The lowest BCUT2D eigenvalue weighted by atomic mass is 10.1. The number of aromatic nitrogens is 2. The molecule has 0 atom stereocenters.